The number of urea groups is 1. The number of halogens is 1. The summed E-state index contributed by atoms with van der Waals surface area (Å²) >= 11 is 3.44. The van der Waals surface area contributed by atoms with Crippen molar-refractivity contribution in [1.29, 1.82) is 0 Å². The highest BCUT2D eigenvalue weighted by molar-refractivity contribution is 9.10. The summed E-state index contributed by atoms with van der Waals surface area (Å²) in [6.07, 6.45) is 4.65. The first-order chi connectivity index (χ1) is 11.7. The van der Waals surface area contributed by atoms with Crippen LogP contribution in [-0.2, 0) is 9.47 Å². The number of hydrogen-bond acceptors (Lipinski definition) is 3. The quantitative estimate of drug-likeness (QED) is 0.846. The maximum absolute atomic E-state index is 12.4. The van der Waals surface area contributed by atoms with Crippen molar-refractivity contribution in [2.75, 3.05) is 32.8 Å². The van der Waals surface area contributed by atoms with Crippen LogP contribution in [0.25, 0.3) is 0 Å². The third-order valence-corrected chi connectivity index (χ3v) is 5.14. The Morgan fingerprint density at radius 2 is 2.04 bits per heavy atom. The first-order valence-electron chi connectivity index (χ1n) is 8.74. The summed E-state index contributed by atoms with van der Waals surface area (Å²) in [5.41, 5.74) is 1.10. The molecular formula is C18H25BrN2O3. The van der Waals surface area contributed by atoms with E-state index in [0.717, 1.165) is 35.9 Å². The van der Waals surface area contributed by atoms with Gasteiger partial charge in [-0.05, 0) is 43.4 Å². The van der Waals surface area contributed by atoms with Crippen LogP contribution < -0.4 is 5.32 Å². The number of carbonyl (C=O) groups is 1. The van der Waals surface area contributed by atoms with E-state index in [1.165, 1.54) is 6.42 Å². The Morgan fingerprint density at radius 1 is 1.21 bits per heavy atom. The van der Waals surface area contributed by atoms with Gasteiger partial charge in [0.1, 0.15) is 6.10 Å². The van der Waals surface area contributed by atoms with Gasteiger partial charge in [-0.2, -0.15) is 0 Å². The lowest BCUT2D eigenvalue weighted by molar-refractivity contribution is -0.0159. The zero-order valence-electron chi connectivity index (χ0n) is 13.9. The lowest BCUT2D eigenvalue weighted by atomic mass is 10.1. The SMILES string of the molecule is O=C(NCCC1CCCCO1)N1CCOC(c2ccc(Br)cc2)C1. The molecule has 2 atom stereocenters. The first kappa shape index (κ1) is 17.7. The van der Waals surface area contributed by atoms with E-state index >= 15 is 0 Å². The Labute approximate surface area is 151 Å². The normalized spacial score (nSPS) is 24.6. The van der Waals surface area contributed by atoms with E-state index in [-0.39, 0.29) is 12.1 Å². The summed E-state index contributed by atoms with van der Waals surface area (Å²) in [5.74, 6) is 0. The Morgan fingerprint density at radius 3 is 2.79 bits per heavy atom. The van der Waals surface area contributed by atoms with Crippen molar-refractivity contribution in [2.24, 2.45) is 0 Å². The van der Waals surface area contributed by atoms with Crippen molar-refractivity contribution >= 4 is 22.0 Å². The van der Waals surface area contributed by atoms with E-state index in [1.54, 1.807) is 0 Å². The van der Waals surface area contributed by atoms with Crippen molar-refractivity contribution in [1.82, 2.24) is 10.2 Å². The minimum atomic E-state index is -0.0562. The average molecular weight is 397 g/mol. The maximum Gasteiger partial charge on any atom is 0.317 e. The lowest BCUT2D eigenvalue weighted by Gasteiger charge is -2.33. The van der Waals surface area contributed by atoms with Crippen LogP contribution in [0.15, 0.2) is 28.7 Å². The Bertz CT molecular complexity index is 532. The molecule has 132 valence electrons. The Balaban J connectivity index is 1.45. The second-order valence-electron chi connectivity index (χ2n) is 6.37. The van der Waals surface area contributed by atoms with E-state index in [9.17, 15) is 4.79 Å². The summed E-state index contributed by atoms with van der Waals surface area (Å²) < 4.78 is 12.6. The number of nitrogens with zero attached hydrogens (tertiary/aromatic N) is 1. The topological polar surface area (TPSA) is 50.8 Å². The van der Waals surface area contributed by atoms with Crippen molar-refractivity contribution < 1.29 is 14.3 Å². The van der Waals surface area contributed by atoms with Crippen LogP contribution in [-0.4, -0.2) is 49.9 Å². The minimum Gasteiger partial charge on any atom is -0.378 e. The number of hydrogen-bond donors (Lipinski definition) is 1. The number of rotatable bonds is 4. The molecule has 2 heterocycles. The minimum absolute atomic E-state index is 0.00350. The van der Waals surface area contributed by atoms with Crippen LogP contribution in [0.4, 0.5) is 4.79 Å². The van der Waals surface area contributed by atoms with Crippen LogP contribution in [0, 0.1) is 0 Å². The van der Waals surface area contributed by atoms with Crippen LogP contribution in [0.2, 0.25) is 0 Å². The average Bonchev–Trinajstić information content (AvgIpc) is 2.63. The zero-order valence-corrected chi connectivity index (χ0v) is 15.5. The number of carbonyl (C=O) groups excluding carboxylic acids is 1. The van der Waals surface area contributed by atoms with Gasteiger partial charge in [-0.25, -0.2) is 4.79 Å². The van der Waals surface area contributed by atoms with Gasteiger partial charge in [0.2, 0.25) is 0 Å². The molecule has 1 aromatic rings. The number of ether oxygens (including phenoxy) is 2. The van der Waals surface area contributed by atoms with E-state index in [4.69, 9.17) is 9.47 Å². The van der Waals surface area contributed by atoms with Crippen LogP contribution in [0.5, 0.6) is 0 Å². The second-order valence-corrected chi connectivity index (χ2v) is 7.28. The molecule has 0 aliphatic carbocycles. The van der Waals surface area contributed by atoms with Gasteiger partial charge in [0.05, 0.1) is 19.3 Å². The molecule has 2 amide bonds. The summed E-state index contributed by atoms with van der Waals surface area (Å²) in [6.45, 7) is 3.33. The van der Waals surface area contributed by atoms with Gasteiger partial charge in [-0.3, -0.25) is 0 Å². The summed E-state index contributed by atoms with van der Waals surface area (Å²) in [5, 5.41) is 3.02. The maximum atomic E-state index is 12.4. The third kappa shape index (κ3) is 4.94. The van der Waals surface area contributed by atoms with Gasteiger partial charge in [0.15, 0.2) is 0 Å². The zero-order chi connectivity index (χ0) is 16.8. The molecule has 0 bridgehead atoms. The van der Waals surface area contributed by atoms with E-state index in [0.29, 0.717) is 32.3 Å². The molecule has 1 N–H and O–H groups in total. The fourth-order valence-corrected chi connectivity index (χ4v) is 3.46. The molecule has 2 aliphatic rings. The molecule has 2 saturated heterocycles. The molecule has 0 saturated carbocycles. The summed E-state index contributed by atoms with van der Waals surface area (Å²) in [6, 6.07) is 8.08. The van der Waals surface area contributed by atoms with Gasteiger partial charge >= 0.3 is 6.03 Å². The number of morpholine rings is 1. The van der Waals surface area contributed by atoms with Crippen molar-refractivity contribution in [3.05, 3.63) is 34.3 Å². The molecule has 0 spiro atoms. The Hall–Kier alpha value is -1.11. The summed E-state index contributed by atoms with van der Waals surface area (Å²) in [7, 11) is 0. The van der Waals surface area contributed by atoms with Crippen LogP contribution in [0.3, 0.4) is 0 Å². The number of nitrogens with one attached hydrogen (secondary N) is 1. The monoisotopic (exact) mass is 396 g/mol. The summed E-state index contributed by atoms with van der Waals surface area (Å²) in [4.78, 5) is 14.2. The molecule has 2 unspecified atom stereocenters. The van der Waals surface area contributed by atoms with Crippen molar-refractivity contribution in [2.45, 2.75) is 37.9 Å². The fraction of sp³-hybridized carbons (Fsp3) is 0.611. The van der Waals surface area contributed by atoms with E-state index in [1.807, 2.05) is 29.2 Å². The Kier molecular flexibility index (Phi) is 6.51. The fourth-order valence-electron chi connectivity index (χ4n) is 3.20. The molecule has 2 aliphatic heterocycles. The molecular weight excluding hydrogens is 372 g/mol. The highest BCUT2D eigenvalue weighted by atomic mass is 79.9. The third-order valence-electron chi connectivity index (χ3n) is 4.61. The van der Waals surface area contributed by atoms with Gasteiger partial charge in [0, 0.05) is 24.2 Å². The highest BCUT2D eigenvalue weighted by Crippen LogP contribution is 2.24. The molecule has 5 nitrogen and oxygen atoms in total. The smallest absolute Gasteiger partial charge is 0.317 e. The molecule has 0 aromatic heterocycles. The van der Waals surface area contributed by atoms with E-state index < -0.39 is 0 Å². The van der Waals surface area contributed by atoms with Gasteiger partial charge in [-0.15, -0.1) is 0 Å². The molecule has 1 aromatic carbocycles. The molecule has 24 heavy (non-hydrogen) atoms. The van der Waals surface area contributed by atoms with Crippen LogP contribution >= 0.6 is 15.9 Å². The van der Waals surface area contributed by atoms with Crippen LogP contribution in [0.1, 0.15) is 37.4 Å². The predicted molar refractivity (Wildman–Crippen MR) is 96.0 cm³/mol. The van der Waals surface area contributed by atoms with E-state index in [2.05, 4.69) is 21.2 Å². The molecule has 3 rings (SSSR count). The van der Waals surface area contributed by atoms with Crippen molar-refractivity contribution in [3.63, 3.8) is 0 Å². The molecule has 2 fully saturated rings. The standard InChI is InChI=1S/C18H25BrN2O3/c19-15-6-4-14(5-7-15)17-13-21(10-12-24-17)18(22)20-9-8-16-3-1-2-11-23-16/h4-7,16-17H,1-3,8-13H2,(H,20,22). The molecule has 0 radical (unpaired) electrons. The number of benzene rings is 1. The highest BCUT2D eigenvalue weighted by Gasteiger charge is 2.25. The van der Waals surface area contributed by atoms with Gasteiger partial charge < -0.3 is 19.7 Å². The first-order valence-corrected chi connectivity index (χ1v) is 9.53. The number of amides is 2. The lowest BCUT2D eigenvalue weighted by Crippen LogP contribution is -2.47. The second kappa shape index (κ2) is 8.83. The molecule has 6 heteroatoms. The van der Waals surface area contributed by atoms with Gasteiger partial charge in [-0.1, -0.05) is 28.1 Å². The van der Waals surface area contributed by atoms with Crippen molar-refractivity contribution in [3.8, 4) is 0 Å². The largest absolute Gasteiger partial charge is 0.378 e. The predicted octanol–water partition coefficient (Wildman–Crippen LogP) is 3.49. The van der Waals surface area contributed by atoms with Gasteiger partial charge in [0.25, 0.3) is 0 Å².